The Balaban J connectivity index is 1.42. The molecule has 0 spiro atoms. The average Bonchev–Trinajstić information content (AvgIpc) is 3.06. The number of benzene rings is 7. The SMILES string of the molecule is CC1(C)c2cc3ccc[p+]([O-])c3cc2-c2cccc3c(-c4c5ccccc5c(-c5ccccc5)c5ccccc45)ccc1c23. The smallest absolute Gasteiger partial charge is 0.152 e. The fraction of sp³-hybridized carbons (Fsp3) is 0.0714. The third kappa shape index (κ3) is 3.49. The first-order valence-corrected chi connectivity index (χ1v) is 16.6. The van der Waals surface area contributed by atoms with E-state index in [0.29, 0.717) is 0 Å². The van der Waals surface area contributed by atoms with E-state index >= 15 is 0 Å². The van der Waals surface area contributed by atoms with Crippen LogP contribution in [0, 0.1) is 0 Å². The highest BCUT2D eigenvalue weighted by Gasteiger charge is 2.35. The third-order valence-corrected chi connectivity index (χ3v) is 11.1. The largest absolute Gasteiger partial charge is 0.626 e. The molecule has 0 bridgehead atoms. The fourth-order valence-electron chi connectivity index (χ4n) is 7.82. The maximum absolute atomic E-state index is 13.1. The topological polar surface area (TPSA) is 23.1 Å². The van der Waals surface area contributed by atoms with Crippen molar-refractivity contribution in [3.8, 4) is 33.4 Å². The molecule has 0 amide bonds. The summed E-state index contributed by atoms with van der Waals surface area (Å²) in [7, 11) is -1.55. The molecule has 0 saturated carbocycles. The number of hydrogen-bond donors (Lipinski definition) is 0. The molecule has 1 nitrogen and oxygen atoms in total. The van der Waals surface area contributed by atoms with E-state index in [4.69, 9.17) is 0 Å². The van der Waals surface area contributed by atoms with Crippen LogP contribution in [-0.2, 0) is 5.41 Å². The van der Waals surface area contributed by atoms with E-state index in [2.05, 4.69) is 141 Å². The second kappa shape index (κ2) is 9.34. The molecular formula is C42H29OP. The quantitative estimate of drug-likeness (QED) is 0.187. The van der Waals surface area contributed by atoms with E-state index in [1.54, 1.807) is 0 Å². The predicted molar refractivity (Wildman–Crippen MR) is 187 cm³/mol. The van der Waals surface area contributed by atoms with Crippen molar-refractivity contribution in [2.24, 2.45) is 0 Å². The summed E-state index contributed by atoms with van der Waals surface area (Å²) < 4.78 is 0. The van der Waals surface area contributed by atoms with Gasteiger partial charge in [-0.3, -0.25) is 0 Å². The summed E-state index contributed by atoms with van der Waals surface area (Å²) in [5.41, 5.74) is 9.88. The molecule has 44 heavy (non-hydrogen) atoms. The summed E-state index contributed by atoms with van der Waals surface area (Å²) in [6.07, 6.45) is 0. The van der Waals surface area contributed by atoms with Gasteiger partial charge in [-0.05, 0) is 101 Å². The lowest BCUT2D eigenvalue weighted by Crippen LogP contribution is -2.23. The summed E-state index contributed by atoms with van der Waals surface area (Å²) in [6, 6.07) is 48.5. The zero-order valence-electron chi connectivity index (χ0n) is 24.6. The molecule has 1 aromatic heterocycles. The van der Waals surface area contributed by atoms with Gasteiger partial charge in [0.25, 0.3) is 0 Å². The molecule has 8 aromatic rings. The van der Waals surface area contributed by atoms with Crippen LogP contribution in [0.25, 0.3) is 76.2 Å². The molecule has 0 fully saturated rings. The first-order valence-electron chi connectivity index (χ1n) is 15.2. The standard InChI is InChI=1S/C42H29OP/c1-42(2)36-22-21-34(32-19-10-20-33(41(32)36)35-25-38-27(24-37(35)42)14-11-23-44(38)43)40-30-17-8-6-15-28(30)39(26-12-4-3-5-13-26)29-16-7-9-18-31(29)40/h3-25H,1-2H3. The Labute approximate surface area is 257 Å². The molecule has 2 heteroatoms. The van der Waals surface area contributed by atoms with Crippen molar-refractivity contribution in [2.75, 3.05) is 0 Å². The van der Waals surface area contributed by atoms with Gasteiger partial charge in [-0.15, -0.1) is 0 Å². The number of fused-ring (bicyclic) bond motifs is 5. The normalized spacial score (nSPS) is 13.9. The van der Waals surface area contributed by atoms with Crippen LogP contribution in [0.3, 0.4) is 0 Å². The minimum Gasteiger partial charge on any atom is -0.626 e. The highest BCUT2D eigenvalue weighted by Crippen LogP contribution is 2.53. The van der Waals surface area contributed by atoms with Gasteiger partial charge in [-0.1, -0.05) is 123 Å². The molecule has 9 rings (SSSR count). The van der Waals surface area contributed by atoms with Crippen LogP contribution >= 0.6 is 7.76 Å². The van der Waals surface area contributed by atoms with Crippen molar-refractivity contribution in [1.29, 1.82) is 0 Å². The first kappa shape index (κ1) is 25.7. The molecule has 1 aliphatic carbocycles. The Hall–Kier alpha value is -4.81. The van der Waals surface area contributed by atoms with Gasteiger partial charge in [0.2, 0.25) is 0 Å². The molecule has 1 unspecified atom stereocenters. The number of hydrogen-bond acceptors (Lipinski definition) is 1. The zero-order chi connectivity index (χ0) is 29.6. The Morgan fingerprint density at radius 1 is 0.500 bits per heavy atom. The monoisotopic (exact) mass is 580 g/mol. The van der Waals surface area contributed by atoms with Crippen molar-refractivity contribution in [2.45, 2.75) is 19.3 Å². The lowest BCUT2D eigenvalue weighted by atomic mass is 9.67. The molecule has 0 N–H and O–H groups in total. The lowest BCUT2D eigenvalue weighted by molar-refractivity contribution is -0.149. The van der Waals surface area contributed by atoms with E-state index < -0.39 is 7.76 Å². The van der Waals surface area contributed by atoms with Crippen LogP contribution in [-0.4, -0.2) is 0 Å². The molecular weight excluding hydrogens is 551 g/mol. The van der Waals surface area contributed by atoms with Gasteiger partial charge in [-0.25, -0.2) is 0 Å². The van der Waals surface area contributed by atoms with Gasteiger partial charge in [0, 0.05) is 10.8 Å². The molecule has 208 valence electrons. The van der Waals surface area contributed by atoms with E-state index in [9.17, 15) is 4.89 Å². The van der Waals surface area contributed by atoms with Crippen LogP contribution < -0.4 is 4.89 Å². The van der Waals surface area contributed by atoms with Crippen molar-refractivity contribution < 1.29 is 4.89 Å². The highest BCUT2D eigenvalue weighted by molar-refractivity contribution is 7.47. The van der Waals surface area contributed by atoms with Crippen molar-refractivity contribution >= 4 is 50.6 Å². The Bertz CT molecular complexity index is 2420. The summed E-state index contributed by atoms with van der Waals surface area (Å²) in [5, 5.41) is 9.61. The Morgan fingerprint density at radius 2 is 1.14 bits per heavy atom. The Kier molecular flexibility index (Phi) is 5.45. The van der Waals surface area contributed by atoms with Crippen LogP contribution in [0.1, 0.15) is 25.0 Å². The molecule has 7 aromatic carbocycles. The van der Waals surface area contributed by atoms with Crippen LogP contribution in [0.4, 0.5) is 0 Å². The van der Waals surface area contributed by atoms with Gasteiger partial charge >= 0.3 is 0 Å². The fourth-order valence-corrected chi connectivity index (χ4v) is 8.88. The van der Waals surface area contributed by atoms with Crippen LogP contribution in [0.15, 0.2) is 139 Å². The van der Waals surface area contributed by atoms with E-state index in [1.807, 2.05) is 11.9 Å². The first-order chi connectivity index (χ1) is 21.5. The molecule has 1 atom stereocenters. The minimum atomic E-state index is -1.55. The maximum atomic E-state index is 13.1. The second-order valence-corrected chi connectivity index (χ2v) is 13.9. The molecule has 0 aliphatic heterocycles. The van der Waals surface area contributed by atoms with Crippen LogP contribution in [0.2, 0.25) is 0 Å². The summed E-state index contributed by atoms with van der Waals surface area (Å²) in [6.45, 7) is 4.67. The molecule has 1 aliphatic rings. The minimum absolute atomic E-state index is 0.211. The lowest BCUT2D eigenvalue weighted by Gasteiger charge is -2.36. The van der Waals surface area contributed by atoms with Crippen molar-refractivity contribution in [3.05, 3.63) is 150 Å². The van der Waals surface area contributed by atoms with Crippen LogP contribution in [0.5, 0.6) is 0 Å². The van der Waals surface area contributed by atoms with Gasteiger partial charge < -0.3 is 4.89 Å². The molecule has 0 saturated heterocycles. The predicted octanol–water partition coefficient (Wildman–Crippen LogP) is 11.3. The second-order valence-electron chi connectivity index (χ2n) is 12.5. The summed E-state index contributed by atoms with van der Waals surface area (Å²) in [4.78, 5) is 13.1. The van der Waals surface area contributed by atoms with E-state index in [1.165, 1.54) is 76.8 Å². The third-order valence-electron chi connectivity index (χ3n) is 9.84. The summed E-state index contributed by atoms with van der Waals surface area (Å²) >= 11 is 0. The van der Waals surface area contributed by atoms with Gasteiger partial charge in [0.15, 0.2) is 5.12 Å². The zero-order valence-corrected chi connectivity index (χ0v) is 25.5. The van der Waals surface area contributed by atoms with E-state index in [0.717, 1.165) is 10.5 Å². The Morgan fingerprint density at radius 3 is 1.84 bits per heavy atom. The van der Waals surface area contributed by atoms with Gasteiger partial charge in [0.1, 0.15) is 5.80 Å². The summed E-state index contributed by atoms with van der Waals surface area (Å²) in [5.74, 6) is 1.82. The van der Waals surface area contributed by atoms with Gasteiger partial charge in [-0.2, -0.15) is 0 Å². The van der Waals surface area contributed by atoms with E-state index in [-0.39, 0.29) is 5.41 Å². The maximum Gasteiger partial charge on any atom is 0.152 e. The average molecular weight is 581 g/mol. The van der Waals surface area contributed by atoms with Crippen molar-refractivity contribution in [1.82, 2.24) is 0 Å². The molecule has 1 heterocycles. The highest BCUT2D eigenvalue weighted by atomic mass is 31.1. The van der Waals surface area contributed by atoms with Crippen molar-refractivity contribution in [3.63, 3.8) is 0 Å². The van der Waals surface area contributed by atoms with Gasteiger partial charge in [0.05, 0.1) is 7.76 Å². The number of rotatable bonds is 2. The molecule has 0 radical (unpaired) electrons.